The fourth-order valence-corrected chi connectivity index (χ4v) is 3.09. The summed E-state index contributed by atoms with van der Waals surface area (Å²) in [7, 11) is -4.57. The molecule has 1 amide bonds. The summed E-state index contributed by atoms with van der Waals surface area (Å²) in [5.41, 5.74) is -1.55. The van der Waals surface area contributed by atoms with Crippen LogP contribution >= 0.6 is 0 Å². The number of aliphatic hydroxyl groups excluding tert-OH is 1. The Hall–Kier alpha value is -0.480. The van der Waals surface area contributed by atoms with Gasteiger partial charge in [0, 0.05) is 37.8 Å². The summed E-state index contributed by atoms with van der Waals surface area (Å²) >= 11 is 0. The third-order valence-electron chi connectivity index (χ3n) is 4.06. The third kappa shape index (κ3) is 5.26. The third-order valence-corrected chi connectivity index (χ3v) is 4.89. The molecule has 24 heavy (non-hydrogen) atoms. The molecule has 0 aliphatic carbocycles. The van der Waals surface area contributed by atoms with Crippen LogP contribution in [0.2, 0.25) is 0 Å². The molecule has 1 fully saturated rings. The molecule has 1 heterocycles. The van der Waals surface area contributed by atoms with Gasteiger partial charge in [0.2, 0.25) is 5.44 Å². The Balaban J connectivity index is 0.00000288. The molecule has 0 spiro atoms. The van der Waals surface area contributed by atoms with E-state index in [2.05, 4.69) is 18.7 Å². The van der Waals surface area contributed by atoms with Gasteiger partial charge >= 0.3 is 29.6 Å². The first-order valence-electron chi connectivity index (χ1n) is 7.48. The first kappa shape index (κ1) is 21.6. The van der Waals surface area contributed by atoms with Gasteiger partial charge in [-0.05, 0) is 31.5 Å². The Labute approximate surface area is 164 Å². The summed E-state index contributed by atoms with van der Waals surface area (Å²) in [5.74, 6) is -0.124. The van der Waals surface area contributed by atoms with E-state index in [0.717, 1.165) is 13.1 Å². The maximum atomic E-state index is 12.4. The van der Waals surface area contributed by atoms with E-state index in [0.29, 0.717) is 24.7 Å². The van der Waals surface area contributed by atoms with E-state index in [9.17, 15) is 18.3 Å². The van der Waals surface area contributed by atoms with Gasteiger partial charge in [-0.2, -0.15) is 8.42 Å². The average molecular weight is 366 g/mol. The van der Waals surface area contributed by atoms with Gasteiger partial charge in [-0.25, -0.2) is 0 Å². The zero-order valence-corrected chi connectivity index (χ0v) is 14.0. The number of rotatable bonds is 4. The average Bonchev–Trinajstić information content (AvgIpc) is 2.53. The van der Waals surface area contributed by atoms with Gasteiger partial charge in [-0.1, -0.05) is 12.1 Å². The van der Waals surface area contributed by atoms with Crippen molar-refractivity contribution in [1.82, 2.24) is 9.80 Å². The Morgan fingerprint density at radius 1 is 1.08 bits per heavy atom. The minimum atomic E-state index is -4.57. The van der Waals surface area contributed by atoms with Crippen LogP contribution in [0.1, 0.15) is 35.2 Å². The molecular weight excluding hydrogens is 343 g/mol. The quantitative estimate of drug-likeness (QED) is 0.579. The van der Waals surface area contributed by atoms with Crippen molar-refractivity contribution in [2.45, 2.75) is 25.3 Å². The van der Waals surface area contributed by atoms with Gasteiger partial charge in [-0.3, -0.25) is 14.2 Å². The summed E-state index contributed by atoms with van der Waals surface area (Å²) in [5, 5.41) is 9.48. The summed E-state index contributed by atoms with van der Waals surface area (Å²) < 4.78 is 30.7. The molecule has 2 N–H and O–H groups in total. The Morgan fingerprint density at radius 3 is 2.00 bits per heavy atom. The van der Waals surface area contributed by atoms with Crippen molar-refractivity contribution in [3.63, 3.8) is 0 Å². The van der Waals surface area contributed by atoms with Gasteiger partial charge in [0.05, 0.1) is 0 Å². The van der Waals surface area contributed by atoms with Crippen molar-refractivity contribution in [3.8, 4) is 0 Å². The molecule has 0 radical (unpaired) electrons. The van der Waals surface area contributed by atoms with Crippen LogP contribution in [0.5, 0.6) is 0 Å². The second kappa shape index (κ2) is 8.75. The van der Waals surface area contributed by atoms with Crippen LogP contribution in [0.25, 0.3) is 0 Å². The molecule has 1 aromatic rings. The minimum absolute atomic E-state index is 0. The topological polar surface area (TPSA) is 98.2 Å². The SMILES string of the molecule is CC(C)N1CCN(C(=O)c2ccc(C(O)S(=O)(=O)O)cc2)CC1.[NaH]. The zero-order chi connectivity index (χ0) is 17.2. The number of carbonyl (C=O) groups excluding carboxylic acids is 1. The zero-order valence-electron chi connectivity index (χ0n) is 13.2. The molecule has 1 aromatic carbocycles. The van der Waals surface area contributed by atoms with Crippen LogP contribution in [0.15, 0.2) is 24.3 Å². The molecule has 1 atom stereocenters. The van der Waals surface area contributed by atoms with Crippen molar-refractivity contribution < 1.29 is 22.9 Å². The molecular formula is C15H23N2NaO5S. The number of carbonyl (C=O) groups is 1. The molecule has 7 nitrogen and oxygen atoms in total. The number of aliphatic hydroxyl groups is 1. The fraction of sp³-hybridized carbons (Fsp3) is 0.533. The first-order valence-corrected chi connectivity index (χ1v) is 8.98. The van der Waals surface area contributed by atoms with Crippen LogP contribution in [-0.2, 0) is 10.1 Å². The standard InChI is InChI=1S/C15H22N2O5S.Na.H/c1-11(2)16-7-9-17(10-8-16)14(18)12-3-5-13(6-4-12)15(19)23(20,21)22;;/h3-6,11,15,19H,7-10H2,1-2H3,(H,20,21,22);;. The van der Waals surface area contributed by atoms with Gasteiger partial charge in [0.15, 0.2) is 0 Å². The van der Waals surface area contributed by atoms with Crippen molar-refractivity contribution in [2.75, 3.05) is 26.2 Å². The van der Waals surface area contributed by atoms with E-state index in [1.165, 1.54) is 24.3 Å². The van der Waals surface area contributed by atoms with Gasteiger partial charge in [0.25, 0.3) is 16.0 Å². The summed E-state index contributed by atoms with van der Waals surface area (Å²) in [4.78, 5) is 16.5. The van der Waals surface area contributed by atoms with Gasteiger partial charge in [-0.15, -0.1) is 0 Å². The molecule has 9 heteroatoms. The number of hydrogen-bond acceptors (Lipinski definition) is 5. The predicted molar refractivity (Wildman–Crippen MR) is 92.7 cm³/mol. The molecule has 2 rings (SSSR count). The van der Waals surface area contributed by atoms with E-state index >= 15 is 0 Å². The van der Waals surface area contributed by atoms with E-state index in [-0.39, 0.29) is 41.0 Å². The van der Waals surface area contributed by atoms with Crippen LogP contribution in [0, 0.1) is 0 Å². The van der Waals surface area contributed by atoms with Crippen LogP contribution in [0.4, 0.5) is 0 Å². The van der Waals surface area contributed by atoms with Crippen molar-refractivity contribution in [1.29, 1.82) is 0 Å². The van der Waals surface area contributed by atoms with Crippen molar-refractivity contribution in [2.24, 2.45) is 0 Å². The Bertz CT molecular complexity index is 655. The summed E-state index contributed by atoms with van der Waals surface area (Å²) in [6.45, 7) is 7.18. The number of piperazine rings is 1. The van der Waals surface area contributed by atoms with E-state index in [1.54, 1.807) is 4.90 Å². The van der Waals surface area contributed by atoms with Gasteiger partial charge in [0.1, 0.15) is 0 Å². The van der Waals surface area contributed by atoms with Crippen LogP contribution < -0.4 is 0 Å². The molecule has 1 aliphatic heterocycles. The normalized spacial score (nSPS) is 17.5. The summed E-state index contributed by atoms with van der Waals surface area (Å²) in [6, 6.07) is 6.03. The molecule has 0 bridgehead atoms. The van der Waals surface area contributed by atoms with Crippen molar-refractivity contribution in [3.05, 3.63) is 35.4 Å². The number of amides is 1. The maximum absolute atomic E-state index is 12.4. The van der Waals surface area contributed by atoms with Gasteiger partial charge < -0.3 is 10.0 Å². The Kier molecular flexibility index (Phi) is 7.86. The molecule has 130 valence electrons. The molecule has 1 saturated heterocycles. The van der Waals surface area contributed by atoms with E-state index in [4.69, 9.17) is 4.55 Å². The fourth-order valence-electron chi connectivity index (χ4n) is 2.59. The second-order valence-electron chi connectivity index (χ2n) is 5.91. The monoisotopic (exact) mass is 366 g/mol. The van der Waals surface area contributed by atoms with E-state index < -0.39 is 15.6 Å². The number of benzene rings is 1. The van der Waals surface area contributed by atoms with Crippen LogP contribution in [-0.4, -0.2) is 95.6 Å². The molecule has 1 aliphatic rings. The predicted octanol–water partition coefficient (Wildman–Crippen LogP) is 0.0830. The van der Waals surface area contributed by atoms with Crippen LogP contribution in [0.3, 0.4) is 0 Å². The van der Waals surface area contributed by atoms with Crippen molar-refractivity contribution >= 4 is 45.6 Å². The molecule has 0 aromatic heterocycles. The second-order valence-corrected chi connectivity index (χ2v) is 7.39. The first-order chi connectivity index (χ1) is 10.7. The number of nitrogens with zero attached hydrogens (tertiary/aromatic N) is 2. The number of hydrogen-bond donors (Lipinski definition) is 2. The Morgan fingerprint density at radius 2 is 1.58 bits per heavy atom. The molecule has 1 unspecified atom stereocenters. The van der Waals surface area contributed by atoms with E-state index in [1.807, 2.05) is 0 Å². The summed E-state index contributed by atoms with van der Waals surface area (Å²) in [6.07, 6.45) is 0. The molecule has 0 saturated carbocycles.